The standard InChI is InChI=1S/C38H50N4O6S/c1-5-40(6-2)21-22-41(34(44)19-24-47-27-29(4)32-15-11-10-12-28(32)3)23-25-48-38(46)42(26-30-13-8-7-9-14-30)20-18-31-16-17-33(43)35-36(31)49-37(45)39-35/h7-17,29,43H,5-6,18-27H2,1-4H3,(H,39,45). The van der Waals surface area contributed by atoms with Gasteiger partial charge in [0.25, 0.3) is 0 Å². The van der Waals surface area contributed by atoms with Crippen molar-refractivity contribution >= 4 is 33.6 Å². The highest BCUT2D eigenvalue weighted by Crippen LogP contribution is 2.28. The number of aryl methyl sites for hydroxylation is 1. The van der Waals surface area contributed by atoms with Gasteiger partial charge in [-0.2, -0.15) is 0 Å². The fraction of sp³-hybridized carbons (Fsp3) is 0.447. The first-order valence-corrected chi connectivity index (χ1v) is 17.9. The molecule has 0 aliphatic carbocycles. The van der Waals surface area contributed by atoms with Crippen LogP contribution in [0.2, 0.25) is 0 Å². The van der Waals surface area contributed by atoms with Crippen molar-refractivity contribution in [2.24, 2.45) is 0 Å². The molecule has 0 spiro atoms. The number of nitrogens with zero attached hydrogens (tertiary/aromatic N) is 3. The number of hydrogen-bond acceptors (Lipinski definition) is 8. The molecule has 2 amide bonds. The molecule has 0 saturated heterocycles. The Morgan fingerprint density at radius 2 is 1.63 bits per heavy atom. The van der Waals surface area contributed by atoms with Gasteiger partial charge >= 0.3 is 11.0 Å². The second-order valence-electron chi connectivity index (χ2n) is 12.2. The summed E-state index contributed by atoms with van der Waals surface area (Å²) in [5, 5.41) is 10.2. The monoisotopic (exact) mass is 690 g/mol. The quantitative estimate of drug-likeness (QED) is 0.113. The molecule has 4 rings (SSSR count). The minimum Gasteiger partial charge on any atom is -0.506 e. The molecule has 1 heterocycles. The molecular formula is C38H50N4O6S. The van der Waals surface area contributed by atoms with Crippen molar-refractivity contribution in [2.75, 3.05) is 59.1 Å². The summed E-state index contributed by atoms with van der Waals surface area (Å²) in [4.78, 5) is 47.0. The first kappa shape index (κ1) is 37.6. The Balaban J connectivity index is 1.35. The largest absolute Gasteiger partial charge is 0.506 e. The number of carbonyl (C=O) groups is 2. The number of aromatic nitrogens is 1. The van der Waals surface area contributed by atoms with Crippen molar-refractivity contribution < 1.29 is 24.2 Å². The lowest BCUT2D eigenvalue weighted by atomic mass is 9.97. The normalized spacial score (nSPS) is 11.9. The lowest BCUT2D eigenvalue weighted by molar-refractivity contribution is -0.133. The molecule has 49 heavy (non-hydrogen) atoms. The number of rotatable bonds is 19. The third-order valence-corrected chi connectivity index (χ3v) is 9.79. The molecule has 10 nitrogen and oxygen atoms in total. The summed E-state index contributed by atoms with van der Waals surface area (Å²) in [6.07, 6.45) is 0.230. The van der Waals surface area contributed by atoms with Gasteiger partial charge in [0, 0.05) is 32.1 Å². The SMILES string of the molecule is CCN(CC)CCN(CCOC(=O)N(CCc1ccc(O)c2[nH]c(=O)sc12)Cc1ccccc1)C(=O)CCOCC(C)c1ccccc1C. The van der Waals surface area contributed by atoms with Crippen LogP contribution >= 0.6 is 11.3 Å². The number of hydrogen-bond donors (Lipinski definition) is 2. The van der Waals surface area contributed by atoms with E-state index in [1.807, 2.05) is 42.5 Å². The molecule has 264 valence electrons. The van der Waals surface area contributed by atoms with E-state index in [9.17, 15) is 19.5 Å². The molecular weight excluding hydrogens is 641 g/mol. The van der Waals surface area contributed by atoms with Crippen molar-refractivity contribution in [1.29, 1.82) is 0 Å². The predicted molar refractivity (Wildman–Crippen MR) is 195 cm³/mol. The van der Waals surface area contributed by atoms with Crippen molar-refractivity contribution in [3.05, 3.63) is 98.7 Å². The van der Waals surface area contributed by atoms with E-state index in [0.717, 1.165) is 42.1 Å². The van der Waals surface area contributed by atoms with Crippen LogP contribution in [0.25, 0.3) is 10.2 Å². The average Bonchev–Trinajstić information content (AvgIpc) is 3.51. The molecule has 0 saturated carbocycles. The Hall–Kier alpha value is -4.19. The summed E-state index contributed by atoms with van der Waals surface area (Å²) >= 11 is 1.04. The Kier molecular flexibility index (Phi) is 14.7. The Morgan fingerprint density at radius 1 is 0.898 bits per heavy atom. The van der Waals surface area contributed by atoms with Crippen LogP contribution < -0.4 is 4.87 Å². The molecule has 0 radical (unpaired) electrons. The molecule has 2 N–H and O–H groups in total. The Bertz CT molecular complexity index is 1690. The number of phenolic OH excluding ortho intramolecular Hbond substituents is 1. The summed E-state index contributed by atoms with van der Waals surface area (Å²) in [5.41, 5.74) is 4.69. The van der Waals surface area contributed by atoms with E-state index in [-0.39, 0.29) is 42.0 Å². The van der Waals surface area contributed by atoms with Gasteiger partial charge in [0.1, 0.15) is 17.9 Å². The van der Waals surface area contributed by atoms with Crippen molar-refractivity contribution in [3.63, 3.8) is 0 Å². The highest BCUT2D eigenvalue weighted by molar-refractivity contribution is 7.16. The van der Waals surface area contributed by atoms with Crippen LogP contribution in [0.3, 0.4) is 0 Å². The van der Waals surface area contributed by atoms with E-state index in [4.69, 9.17) is 9.47 Å². The molecule has 1 unspecified atom stereocenters. The summed E-state index contributed by atoms with van der Waals surface area (Å²) < 4.78 is 12.4. The maximum absolute atomic E-state index is 13.5. The van der Waals surface area contributed by atoms with Crippen molar-refractivity contribution in [1.82, 2.24) is 19.7 Å². The molecule has 1 atom stereocenters. The van der Waals surface area contributed by atoms with E-state index < -0.39 is 6.09 Å². The third-order valence-electron chi connectivity index (χ3n) is 8.83. The Morgan fingerprint density at radius 3 is 2.37 bits per heavy atom. The van der Waals surface area contributed by atoms with Gasteiger partial charge in [-0.3, -0.25) is 9.59 Å². The van der Waals surface area contributed by atoms with Crippen LogP contribution in [0, 0.1) is 6.92 Å². The van der Waals surface area contributed by atoms with Crippen molar-refractivity contribution in [2.45, 2.75) is 53.0 Å². The molecule has 0 aliphatic rings. The number of phenols is 1. The zero-order chi connectivity index (χ0) is 35.2. The van der Waals surface area contributed by atoms with E-state index in [0.29, 0.717) is 49.5 Å². The second-order valence-corrected chi connectivity index (χ2v) is 13.2. The first-order valence-electron chi connectivity index (χ1n) is 17.1. The summed E-state index contributed by atoms with van der Waals surface area (Å²) in [7, 11) is 0. The summed E-state index contributed by atoms with van der Waals surface area (Å²) in [5.74, 6) is 0.206. The number of likely N-dealkylation sites (N-methyl/N-ethyl adjacent to an activating group) is 1. The second kappa shape index (κ2) is 19.1. The van der Waals surface area contributed by atoms with Crippen LogP contribution in [0.1, 0.15) is 55.4 Å². The van der Waals surface area contributed by atoms with Gasteiger partial charge in [0.15, 0.2) is 0 Å². The number of aromatic hydroxyl groups is 1. The predicted octanol–water partition coefficient (Wildman–Crippen LogP) is 6.17. The lowest BCUT2D eigenvalue weighted by Crippen LogP contribution is -2.41. The van der Waals surface area contributed by atoms with Gasteiger partial charge in [-0.05, 0) is 54.8 Å². The van der Waals surface area contributed by atoms with Gasteiger partial charge < -0.3 is 34.3 Å². The van der Waals surface area contributed by atoms with Gasteiger partial charge in [-0.25, -0.2) is 4.79 Å². The number of H-pyrrole nitrogens is 1. The maximum atomic E-state index is 13.5. The minimum absolute atomic E-state index is 0.0149. The molecule has 1 aromatic heterocycles. The number of aromatic amines is 1. The minimum atomic E-state index is -0.481. The molecule has 4 aromatic rings. The number of ether oxygens (including phenoxy) is 2. The topological polar surface area (TPSA) is 115 Å². The number of thiazole rings is 1. The smallest absolute Gasteiger partial charge is 0.410 e. The molecule has 0 aliphatic heterocycles. The fourth-order valence-corrected chi connectivity index (χ4v) is 6.77. The van der Waals surface area contributed by atoms with Crippen LogP contribution in [0.5, 0.6) is 5.75 Å². The highest BCUT2D eigenvalue weighted by atomic mass is 32.1. The van der Waals surface area contributed by atoms with E-state index in [1.165, 1.54) is 11.1 Å². The zero-order valence-corrected chi connectivity index (χ0v) is 30.0. The molecule has 0 bridgehead atoms. The molecule has 11 heteroatoms. The number of nitrogens with one attached hydrogen (secondary N) is 1. The Labute approximate surface area is 293 Å². The van der Waals surface area contributed by atoms with Crippen molar-refractivity contribution in [3.8, 4) is 5.75 Å². The maximum Gasteiger partial charge on any atom is 0.410 e. The van der Waals surface area contributed by atoms with Crippen LogP contribution in [-0.2, 0) is 27.2 Å². The van der Waals surface area contributed by atoms with Crippen LogP contribution in [0.15, 0.2) is 71.5 Å². The molecule has 0 fully saturated rings. The number of amides is 2. The first-order chi connectivity index (χ1) is 23.7. The van der Waals surface area contributed by atoms with E-state index in [2.05, 4.69) is 49.7 Å². The number of carbonyl (C=O) groups excluding carboxylic acids is 2. The van der Waals surface area contributed by atoms with E-state index >= 15 is 0 Å². The van der Waals surface area contributed by atoms with Crippen LogP contribution in [0.4, 0.5) is 4.79 Å². The molecule has 3 aromatic carbocycles. The van der Waals surface area contributed by atoms with Gasteiger partial charge in [0.2, 0.25) is 5.91 Å². The van der Waals surface area contributed by atoms with Gasteiger partial charge in [-0.15, -0.1) is 0 Å². The lowest BCUT2D eigenvalue weighted by Gasteiger charge is -2.27. The zero-order valence-electron chi connectivity index (χ0n) is 29.2. The summed E-state index contributed by atoms with van der Waals surface area (Å²) in [6.45, 7) is 13.3. The summed E-state index contributed by atoms with van der Waals surface area (Å²) in [6, 6.07) is 21.3. The van der Waals surface area contributed by atoms with Gasteiger partial charge in [-0.1, -0.05) is 92.8 Å². The number of benzene rings is 3. The fourth-order valence-electron chi connectivity index (χ4n) is 5.87. The highest BCUT2D eigenvalue weighted by Gasteiger charge is 2.20. The van der Waals surface area contributed by atoms with Gasteiger partial charge in [0.05, 0.1) is 30.9 Å². The van der Waals surface area contributed by atoms with E-state index in [1.54, 1.807) is 21.9 Å². The average molecular weight is 691 g/mol. The third kappa shape index (κ3) is 11.2. The van der Waals surface area contributed by atoms with Crippen LogP contribution in [-0.4, -0.2) is 95.9 Å². The number of fused-ring (bicyclic) bond motifs is 1.